The number of nitrogens with one attached hydrogen (secondary N) is 1. The van der Waals surface area contributed by atoms with E-state index in [4.69, 9.17) is 4.74 Å². The van der Waals surface area contributed by atoms with Crippen molar-refractivity contribution < 1.29 is 8.95 Å². The van der Waals surface area contributed by atoms with Gasteiger partial charge in [-0.1, -0.05) is 0 Å². The van der Waals surface area contributed by atoms with E-state index in [1.54, 1.807) is 13.4 Å². The smallest absolute Gasteiger partial charge is 0.0587 e. The summed E-state index contributed by atoms with van der Waals surface area (Å²) in [7, 11) is 1.04. The molecular weight excluding hydrogens is 162 g/mol. The molecule has 0 heterocycles. The van der Waals surface area contributed by atoms with Crippen molar-refractivity contribution in [2.24, 2.45) is 0 Å². The molecule has 0 aromatic rings. The van der Waals surface area contributed by atoms with Crippen LogP contribution in [0.2, 0.25) is 0 Å². The first-order valence-electron chi connectivity index (χ1n) is 3.77. The van der Waals surface area contributed by atoms with Crippen LogP contribution in [0.15, 0.2) is 0 Å². The van der Waals surface area contributed by atoms with Crippen LogP contribution in [-0.2, 0) is 15.5 Å². The first-order valence-corrected chi connectivity index (χ1v) is 5.49. The van der Waals surface area contributed by atoms with Gasteiger partial charge in [0.15, 0.2) is 0 Å². The molecule has 3 nitrogen and oxygen atoms in total. The van der Waals surface area contributed by atoms with Crippen LogP contribution in [0.4, 0.5) is 0 Å². The second kappa shape index (κ2) is 8.17. The Morgan fingerprint density at radius 2 is 2.18 bits per heavy atom. The number of rotatable bonds is 7. The third kappa shape index (κ3) is 10.1. The van der Waals surface area contributed by atoms with Gasteiger partial charge in [0.05, 0.1) is 6.61 Å². The Bertz CT molecular complexity index is 109. The van der Waals surface area contributed by atoms with Gasteiger partial charge in [-0.15, -0.1) is 0 Å². The summed E-state index contributed by atoms with van der Waals surface area (Å²) < 4.78 is 15.4. The minimum Gasteiger partial charge on any atom is -0.383 e. The van der Waals surface area contributed by atoms with Gasteiger partial charge in [-0.05, 0) is 13.0 Å². The fourth-order valence-corrected chi connectivity index (χ4v) is 1.25. The van der Waals surface area contributed by atoms with Gasteiger partial charge in [-0.25, -0.2) is 0 Å². The maximum atomic E-state index is 10.6. The van der Waals surface area contributed by atoms with Gasteiger partial charge in [0, 0.05) is 36.5 Å². The molecular formula is C7H17NO2S. The molecule has 0 radical (unpaired) electrons. The highest BCUT2D eigenvalue weighted by Gasteiger charge is 1.90. The van der Waals surface area contributed by atoms with Crippen molar-refractivity contribution in [3.8, 4) is 0 Å². The predicted molar refractivity (Wildman–Crippen MR) is 48.3 cm³/mol. The third-order valence-electron chi connectivity index (χ3n) is 1.27. The van der Waals surface area contributed by atoms with Crippen molar-refractivity contribution in [2.75, 3.05) is 38.8 Å². The fourth-order valence-electron chi connectivity index (χ4n) is 0.700. The molecule has 0 aromatic heterocycles. The maximum Gasteiger partial charge on any atom is 0.0587 e. The Hall–Kier alpha value is 0.0700. The average molecular weight is 179 g/mol. The predicted octanol–water partition coefficient (Wildman–Crippen LogP) is -0.00900. The normalized spacial score (nSPS) is 13.3. The van der Waals surface area contributed by atoms with Crippen molar-refractivity contribution in [3.05, 3.63) is 0 Å². The molecule has 0 aliphatic carbocycles. The molecule has 0 bridgehead atoms. The molecule has 68 valence electrons. The molecule has 0 spiro atoms. The maximum absolute atomic E-state index is 10.6. The SMILES string of the molecule is COCCNCCCS(C)=O. The summed E-state index contributed by atoms with van der Waals surface area (Å²) >= 11 is 0. The van der Waals surface area contributed by atoms with Gasteiger partial charge in [-0.2, -0.15) is 0 Å². The molecule has 0 aromatic carbocycles. The second-order valence-electron chi connectivity index (χ2n) is 2.37. The highest BCUT2D eigenvalue weighted by molar-refractivity contribution is 7.84. The Labute approximate surface area is 71.0 Å². The van der Waals surface area contributed by atoms with E-state index in [1.807, 2.05) is 0 Å². The zero-order chi connectivity index (χ0) is 8.53. The summed E-state index contributed by atoms with van der Waals surface area (Å²) in [6, 6.07) is 0. The summed E-state index contributed by atoms with van der Waals surface area (Å²) in [4.78, 5) is 0. The Morgan fingerprint density at radius 1 is 1.45 bits per heavy atom. The Kier molecular flexibility index (Phi) is 8.22. The molecule has 11 heavy (non-hydrogen) atoms. The molecule has 1 atom stereocenters. The van der Waals surface area contributed by atoms with Gasteiger partial charge in [-0.3, -0.25) is 4.21 Å². The van der Waals surface area contributed by atoms with Gasteiger partial charge in [0.25, 0.3) is 0 Å². The van der Waals surface area contributed by atoms with E-state index in [0.29, 0.717) is 0 Å². The quantitative estimate of drug-likeness (QED) is 0.559. The molecule has 1 unspecified atom stereocenters. The zero-order valence-corrected chi connectivity index (χ0v) is 8.08. The second-order valence-corrected chi connectivity index (χ2v) is 3.93. The standard InChI is InChI=1S/C7H17NO2S/c1-10-6-5-8-4-3-7-11(2)9/h8H,3-7H2,1-2H3. The molecule has 1 N–H and O–H groups in total. The van der Waals surface area contributed by atoms with Crippen molar-refractivity contribution in [1.82, 2.24) is 5.32 Å². The first kappa shape index (κ1) is 11.1. The number of methoxy groups -OCH3 is 1. The molecule has 0 aliphatic heterocycles. The summed E-state index contributed by atoms with van der Waals surface area (Å²) in [5.41, 5.74) is 0. The van der Waals surface area contributed by atoms with E-state index in [9.17, 15) is 4.21 Å². The largest absolute Gasteiger partial charge is 0.383 e. The van der Waals surface area contributed by atoms with Gasteiger partial charge >= 0.3 is 0 Å². The highest BCUT2D eigenvalue weighted by atomic mass is 32.2. The van der Waals surface area contributed by atoms with Crippen LogP contribution < -0.4 is 5.32 Å². The zero-order valence-electron chi connectivity index (χ0n) is 7.26. The van der Waals surface area contributed by atoms with E-state index in [0.717, 1.165) is 31.9 Å². The van der Waals surface area contributed by atoms with Gasteiger partial charge < -0.3 is 10.1 Å². The number of hydrogen-bond donors (Lipinski definition) is 1. The lowest BCUT2D eigenvalue weighted by Crippen LogP contribution is -2.21. The van der Waals surface area contributed by atoms with Crippen LogP contribution in [0.3, 0.4) is 0 Å². The summed E-state index contributed by atoms with van der Waals surface area (Å²) in [6.45, 7) is 2.56. The minimum atomic E-state index is -0.644. The average Bonchev–Trinajstić information content (AvgIpc) is 1.96. The number of hydrogen-bond acceptors (Lipinski definition) is 3. The number of ether oxygens (including phenoxy) is 1. The van der Waals surface area contributed by atoms with Crippen molar-refractivity contribution in [2.45, 2.75) is 6.42 Å². The molecule has 0 saturated carbocycles. The molecule has 0 fully saturated rings. The minimum absolute atomic E-state index is 0.644. The molecule has 4 heteroatoms. The van der Waals surface area contributed by atoms with E-state index in [1.165, 1.54) is 0 Å². The van der Waals surface area contributed by atoms with Gasteiger partial charge in [0.1, 0.15) is 0 Å². The Balaban J connectivity index is 2.85. The molecule has 0 rings (SSSR count). The van der Waals surface area contributed by atoms with Crippen LogP contribution >= 0.6 is 0 Å². The van der Waals surface area contributed by atoms with Crippen LogP contribution in [0.1, 0.15) is 6.42 Å². The van der Waals surface area contributed by atoms with Crippen LogP contribution in [0, 0.1) is 0 Å². The van der Waals surface area contributed by atoms with Crippen molar-refractivity contribution in [1.29, 1.82) is 0 Å². The fraction of sp³-hybridized carbons (Fsp3) is 1.00. The van der Waals surface area contributed by atoms with Crippen molar-refractivity contribution in [3.63, 3.8) is 0 Å². The van der Waals surface area contributed by atoms with Crippen LogP contribution in [0.5, 0.6) is 0 Å². The van der Waals surface area contributed by atoms with Crippen LogP contribution in [-0.4, -0.2) is 43.0 Å². The molecule has 0 aliphatic rings. The third-order valence-corrected chi connectivity index (χ3v) is 2.13. The van der Waals surface area contributed by atoms with E-state index in [-0.39, 0.29) is 0 Å². The van der Waals surface area contributed by atoms with E-state index < -0.39 is 10.8 Å². The summed E-state index contributed by atoms with van der Waals surface area (Å²) in [6.07, 6.45) is 2.71. The molecule has 0 saturated heterocycles. The van der Waals surface area contributed by atoms with E-state index >= 15 is 0 Å². The lowest BCUT2D eigenvalue weighted by Gasteiger charge is -2.01. The summed E-state index contributed by atoms with van der Waals surface area (Å²) in [5.74, 6) is 0.792. The topological polar surface area (TPSA) is 38.3 Å². The van der Waals surface area contributed by atoms with Crippen molar-refractivity contribution >= 4 is 10.8 Å². The van der Waals surface area contributed by atoms with Crippen LogP contribution in [0.25, 0.3) is 0 Å². The Morgan fingerprint density at radius 3 is 2.73 bits per heavy atom. The lowest BCUT2D eigenvalue weighted by molar-refractivity contribution is 0.199. The van der Waals surface area contributed by atoms with E-state index in [2.05, 4.69) is 5.32 Å². The summed E-state index contributed by atoms with van der Waals surface area (Å²) in [5, 5.41) is 3.18. The highest BCUT2D eigenvalue weighted by Crippen LogP contribution is 1.80. The lowest BCUT2D eigenvalue weighted by atomic mass is 10.5. The molecule has 0 amide bonds. The monoisotopic (exact) mass is 179 g/mol. The van der Waals surface area contributed by atoms with Gasteiger partial charge in [0.2, 0.25) is 0 Å². The first-order chi connectivity index (χ1) is 5.27.